The summed E-state index contributed by atoms with van der Waals surface area (Å²) in [5.41, 5.74) is 5.43. The van der Waals surface area contributed by atoms with E-state index in [1.165, 1.54) is 0 Å². The molecule has 1 fully saturated rings. The van der Waals surface area contributed by atoms with Crippen LogP contribution in [-0.2, 0) is 9.57 Å². The van der Waals surface area contributed by atoms with Crippen LogP contribution in [0.4, 0.5) is 0 Å². The van der Waals surface area contributed by atoms with Gasteiger partial charge in [0.15, 0.2) is 0 Å². The number of aliphatic hydroxyl groups excluding tert-OH is 2. The average Bonchev–Trinajstić information content (AvgIpc) is 3.22. The molecule has 8 heteroatoms. The van der Waals surface area contributed by atoms with E-state index >= 15 is 0 Å². The first-order chi connectivity index (χ1) is 27.1. The molecule has 0 amide bonds. The number of hydrogen-bond donors (Lipinski definition) is 2. The van der Waals surface area contributed by atoms with Gasteiger partial charge >= 0.3 is 0 Å². The fraction of sp³-hybridized carbons (Fsp3) is 0.383. The number of fused-ring (bicyclic) bond motifs is 2. The Labute approximate surface area is 330 Å². The first kappa shape index (κ1) is 38.9. The van der Waals surface area contributed by atoms with Gasteiger partial charge in [-0.1, -0.05) is 90.8 Å². The van der Waals surface area contributed by atoms with Crippen LogP contribution in [0, 0.1) is 17.8 Å². The molecule has 2 aliphatic carbocycles. The lowest BCUT2D eigenvalue weighted by Gasteiger charge is -2.58. The van der Waals surface area contributed by atoms with Gasteiger partial charge in [0.1, 0.15) is 23.9 Å². The van der Waals surface area contributed by atoms with Crippen LogP contribution in [0.5, 0.6) is 17.2 Å². The molecule has 7 nitrogen and oxygen atoms in total. The van der Waals surface area contributed by atoms with E-state index in [0.717, 1.165) is 88.6 Å². The van der Waals surface area contributed by atoms with Gasteiger partial charge in [-0.25, -0.2) is 0 Å². The summed E-state index contributed by atoms with van der Waals surface area (Å²) >= 11 is 1.76. The van der Waals surface area contributed by atoms with Gasteiger partial charge in [0.2, 0.25) is 5.79 Å². The van der Waals surface area contributed by atoms with Gasteiger partial charge in [0.05, 0.1) is 23.5 Å². The zero-order chi connectivity index (χ0) is 38.0. The van der Waals surface area contributed by atoms with Crippen LogP contribution < -0.4 is 9.47 Å². The third-order valence-corrected chi connectivity index (χ3v) is 12.5. The summed E-state index contributed by atoms with van der Waals surface area (Å²) in [6.07, 6.45) is 9.98. The number of thioether (sulfide) groups is 1. The van der Waals surface area contributed by atoms with Crippen molar-refractivity contribution in [2.45, 2.75) is 73.7 Å². The van der Waals surface area contributed by atoms with Gasteiger partial charge in [0.25, 0.3) is 0 Å². The van der Waals surface area contributed by atoms with Gasteiger partial charge in [-0.05, 0) is 104 Å². The number of oxime groups is 1. The lowest BCUT2D eigenvalue weighted by molar-refractivity contribution is -0.223. The number of aliphatic hydroxyl groups is 2. The van der Waals surface area contributed by atoms with E-state index in [4.69, 9.17) is 24.2 Å². The monoisotopic (exact) mass is 759 g/mol. The maximum absolute atomic E-state index is 9.91. The molecule has 6 unspecified atom stereocenters. The summed E-state index contributed by atoms with van der Waals surface area (Å²) in [6.45, 7) is 7.13. The van der Waals surface area contributed by atoms with Crippen molar-refractivity contribution in [2.24, 2.45) is 22.9 Å². The van der Waals surface area contributed by atoms with Gasteiger partial charge in [-0.15, -0.1) is 18.3 Å². The molecule has 1 heterocycles. The van der Waals surface area contributed by atoms with Crippen LogP contribution in [0.2, 0.25) is 0 Å². The minimum Gasteiger partial charge on any atom is -0.460 e. The fourth-order valence-electron chi connectivity index (χ4n) is 8.78. The molecule has 0 bridgehead atoms. The Morgan fingerprint density at radius 2 is 1.55 bits per heavy atom. The number of allylic oxidation sites excluding steroid dienone is 1. The summed E-state index contributed by atoms with van der Waals surface area (Å²) in [5, 5.41) is 24.4. The number of hydrogen-bond acceptors (Lipinski definition) is 8. The summed E-state index contributed by atoms with van der Waals surface area (Å²) < 4.78 is 20.9. The Hall–Kier alpha value is -4.34. The molecule has 55 heavy (non-hydrogen) atoms. The molecule has 7 rings (SSSR count). The Morgan fingerprint density at radius 3 is 2.25 bits per heavy atom. The molecule has 0 spiro atoms. The number of unbranched alkanes of at least 4 members (excludes halogenated alkanes) is 2. The molecular formula is C47H53NO6S. The summed E-state index contributed by atoms with van der Waals surface area (Å²) in [4.78, 5) is 6.97. The van der Waals surface area contributed by atoms with Crippen molar-refractivity contribution in [3.8, 4) is 28.4 Å². The second kappa shape index (κ2) is 18.5. The van der Waals surface area contributed by atoms with Crippen molar-refractivity contribution in [1.29, 1.82) is 0 Å². The quantitative estimate of drug-likeness (QED) is 0.0593. The van der Waals surface area contributed by atoms with Crippen LogP contribution in [0.15, 0.2) is 137 Å². The Balaban J connectivity index is 1.36. The number of rotatable bonds is 18. The normalized spacial score (nSPS) is 24.6. The molecule has 4 aromatic rings. The SMILES string of the molecule is C=CCOC12Oc3ccc(Oc4ccc(-c5ccccc5)cc4)cc3C3C(CCCCO)C(CCCCO)C=C(C(=NOCC)CC1Sc1ccccc1)C32. The maximum atomic E-state index is 9.91. The molecule has 0 aromatic heterocycles. The fourth-order valence-corrected chi connectivity index (χ4v) is 10.1. The molecule has 2 N–H and O–H groups in total. The van der Waals surface area contributed by atoms with E-state index < -0.39 is 5.79 Å². The predicted octanol–water partition coefficient (Wildman–Crippen LogP) is 10.6. The maximum Gasteiger partial charge on any atom is 0.231 e. The number of benzene rings is 4. The van der Waals surface area contributed by atoms with Crippen LogP contribution in [0.3, 0.4) is 0 Å². The van der Waals surface area contributed by atoms with Crippen molar-refractivity contribution in [1.82, 2.24) is 0 Å². The predicted molar refractivity (Wildman–Crippen MR) is 221 cm³/mol. The van der Waals surface area contributed by atoms with Gasteiger partial charge in [-0.2, -0.15) is 0 Å². The highest BCUT2D eigenvalue weighted by Crippen LogP contribution is 2.63. The molecule has 4 aromatic carbocycles. The molecule has 0 radical (unpaired) electrons. The Morgan fingerprint density at radius 1 is 0.855 bits per heavy atom. The van der Waals surface area contributed by atoms with E-state index in [9.17, 15) is 10.2 Å². The third-order valence-electron chi connectivity index (χ3n) is 11.1. The van der Waals surface area contributed by atoms with Crippen LogP contribution in [0.25, 0.3) is 11.1 Å². The highest BCUT2D eigenvalue weighted by molar-refractivity contribution is 8.00. The first-order valence-electron chi connectivity index (χ1n) is 19.8. The smallest absolute Gasteiger partial charge is 0.231 e. The highest BCUT2D eigenvalue weighted by Gasteiger charge is 2.64. The molecular weight excluding hydrogens is 707 g/mol. The Bertz CT molecular complexity index is 1920. The Kier molecular flexibility index (Phi) is 13.1. The molecule has 6 atom stereocenters. The van der Waals surface area contributed by atoms with E-state index in [1.54, 1.807) is 17.8 Å². The second-order valence-corrected chi connectivity index (χ2v) is 15.9. The van der Waals surface area contributed by atoms with Crippen molar-refractivity contribution >= 4 is 17.5 Å². The minimum absolute atomic E-state index is 0.0126. The topological polar surface area (TPSA) is 89.7 Å². The number of nitrogens with zero attached hydrogens (tertiary/aromatic N) is 1. The van der Waals surface area contributed by atoms with E-state index in [2.05, 4.69) is 73.3 Å². The number of ether oxygens (including phenoxy) is 3. The molecule has 1 aliphatic heterocycles. The van der Waals surface area contributed by atoms with Crippen molar-refractivity contribution in [2.75, 3.05) is 26.4 Å². The lowest BCUT2D eigenvalue weighted by atomic mass is 9.56. The zero-order valence-electron chi connectivity index (χ0n) is 31.7. The van der Waals surface area contributed by atoms with Gasteiger partial charge in [0, 0.05) is 36.0 Å². The van der Waals surface area contributed by atoms with Crippen molar-refractivity contribution in [3.63, 3.8) is 0 Å². The van der Waals surface area contributed by atoms with Crippen LogP contribution >= 0.6 is 11.8 Å². The minimum atomic E-state index is -1.04. The molecule has 288 valence electrons. The lowest BCUT2D eigenvalue weighted by Crippen LogP contribution is -2.64. The molecule has 1 saturated carbocycles. The van der Waals surface area contributed by atoms with Gasteiger partial charge < -0.3 is 29.3 Å². The molecule has 3 aliphatic rings. The highest BCUT2D eigenvalue weighted by atomic mass is 32.2. The molecule has 0 saturated heterocycles. The third kappa shape index (κ3) is 8.58. The van der Waals surface area contributed by atoms with Crippen LogP contribution in [-0.4, -0.2) is 53.4 Å². The standard InChI is InChI=1S/C47H53NO6S/c1-3-29-51-47-44(55-38-18-9-6-10-19-38)32-42(48-52-4-2)40-30-35(17-11-13-27-49)39(20-12-14-28-50)45(46(40)47)41-31-37(25-26-43(41)54-47)53-36-23-21-34(22-24-36)33-15-7-5-8-16-33/h3,5-10,15-16,18-19,21-26,30-31,35,39,44-46,49-50H,1,4,11-14,17,20,27-29,32H2,2H3. The van der Waals surface area contributed by atoms with Gasteiger partial charge in [-0.3, -0.25) is 0 Å². The summed E-state index contributed by atoms with van der Waals surface area (Å²) in [5.74, 6) is 1.46. The van der Waals surface area contributed by atoms with E-state index in [-0.39, 0.29) is 42.1 Å². The van der Waals surface area contributed by atoms with Crippen LogP contribution in [0.1, 0.15) is 63.4 Å². The second-order valence-electron chi connectivity index (χ2n) is 14.6. The summed E-state index contributed by atoms with van der Waals surface area (Å²) in [7, 11) is 0. The largest absolute Gasteiger partial charge is 0.460 e. The average molecular weight is 760 g/mol. The van der Waals surface area contributed by atoms with Crippen molar-refractivity contribution < 1.29 is 29.3 Å². The summed E-state index contributed by atoms with van der Waals surface area (Å²) in [6, 6.07) is 35.2. The zero-order valence-corrected chi connectivity index (χ0v) is 32.5. The van der Waals surface area contributed by atoms with E-state index in [0.29, 0.717) is 19.6 Å². The van der Waals surface area contributed by atoms with Crippen molar-refractivity contribution in [3.05, 3.63) is 133 Å². The van der Waals surface area contributed by atoms with E-state index in [1.807, 2.05) is 49.4 Å². The first-order valence-corrected chi connectivity index (χ1v) is 20.7.